The summed E-state index contributed by atoms with van der Waals surface area (Å²) in [6.07, 6.45) is 1.46. The van der Waals surface area contributed by atoms with E-state index in [0.29, 0.717) is 15.8 Å². The molecule has 0 fully saturated rings. The van der Waals surface area contributed by atoms with Crippen LogP contribution in [0.5, 0.6) is 5.75 Å². The van der Waals surface area contributed by atoms with E-state index in [1.807, 2.05) is 48.5 Å². The van der Waals surface area contributed by atoms with Crippen molar-refractivity contribution in [3.8, 4) is 16.9 Å². The molecule has 0 heterocycles. The van der Waals surface area contributed by atoms with Gasteiger partial charge in [0.15, 0.2) is 0 Å². The molecule has 3 aromatic rings. The maximum absolute atomic E-state index is 10.4. The van der Waals surface area contributed by atoms with Crippen LogP contribution in [0.2, 0.25) is 10.0 Å². The third-order valence-electron chi connectivity index (χ3n) is 3.99. The lowest BCUT2D eigenvalue weighted by molar-refractivity contribution is -0.142. The van der Waals surface area contributed by atoms with Crippen LogP contribution < -0.4 is 4.74 Å². The van der Waals surface area contributed by atoms with Crippen molar-refractivity contribution in [1.29, 1.82) is 0 Å². The molecule has 29 heavy (non-hydrogen) atoms. The number of rotatable bonds is 8. The standard InChI is InChI=1S/C22H17Cl2NO4/c23-20-5-2-6-21(24)19(20)13-28-18-4-1-3-17(11-18)16-9-7-15(8-10-16)12-25-29-14-22(26)27/h1-12H,13-14H2,(H,26,27). The maximum atomic E-state index is 10.4. The second-order valence-electron chi connectivity index (χ2n) is 6.04. The Morgan fingerprint density at radius 1 is 0.966 bits per heavy atom. The minimum atomic E-state index is -1.07. The molecule has 148 valence electrons. The Morgan fingerprint density at radius 2 is 1.66 bits per heavy atom. The van der Waals surface area contributed by atoms with Gasteiger partial charge in [-0.15, -0.1) is 0 Å². The van der Waals surface area contributed by atoms with Crippen molar-refractivity contribution in [2.45, 2.75) is 6.61 Å². The molecule has 3 rings (SSSR count). The highest BCUT2D eigenvalue weighted by Gasteiger charge is 2.07. The molecule has 1 N–H and O–H groups in total. The van der Waals surface area contributed by atoms with Gasteiger partial charge in [0.1, 0.15) is 12.4 Å². The minimum Gasteiger partial charge on any atom is -0.489 e. The highest BCUT2D eigenvalue weighted by atomic mass is 35.5. The molecule has 7 heteroatoms. The smallest absolute Gasteiger partial charge is 0.344 e. The highest BCUT2D eigenvalue weighted by Crippen LogP contribution is 2.28. The SMILES string of the molecule is O=C(O)CON=Cc1ccc(-c2cccc(OCc3c(Cl)cccc3Cl)c2)cc1. The second kappa shape index (κ2) is 9.96. The van der Waals surface area contributed by atoms with Crippen molar-refractivity contribution in [2.75, 3.05) is 6.61 Å². The zero-order valence-corrected chi connectivity index (χ0v) is 16.7. The number of carbonyl (C=O) groups is 1. The molecule has 0 aliphatic carbocycles. The van der Waals surface area contributed by atoms with Crippen LogP contribution >= 0.6 is 23.2 Å². The van der Waals surface area contributed by atoms with Gasteiger partial charge >= 0.3 is 5.97 Å². The van der Waals surface area contributed by atoms with Gasteiger partial charge in [-0.25, -0.2) is 4.79 Å². The molecule has 0 aliphatic rings. The van der Waals surface area contributed by atoms with Gasteiger partial charge in [-0.2, -0.15) is 0 Å². The van der Waals surface area contributed by atoms with Gasteiger partial charge in [0, 0.05) is 15.6 Å². The number of benzene rings is 3. The van der Waals surface area contributed by atoms with Crippen LogP contribution in [-0.2, 0) is 16.2 Å². The first-order valence-electron chi connectivity index (χ1n) is 8.66. The third-order valence-corrected chi connectivity index (χ3v) is 4.70. The molecule has 0 bridgehead atoms. The third kappa shape index (κ3) is 5.98. The van der Waals surface area contributed by atoms with E-state index in [0.717, 1.165) is 22.3 Å². The average Bonchev–Trinajstić information content (AvgIpc) is 2.71. The number of ether oxygens (including phenoxy) is 1. The zero-order chi connectivity index (χ0) is 20.6. The summed E-state index contributed by atoms with van der Waals surface area (Å²) in [7, 11) is 0. The summed E-state index contributed by atoms with van der Waals surface area (Å²) in [6, 6.07) is 20.6. The number of carboxylic acids is 1. The molecular weight excluding hydrogens is 413 g/mol. The van der Waals surface area contributed by atoms with Crippen molar-refractivity contribution in [2.24, 2.45) is 5.16 Å². The van der Waals surface area contributed by atoms with Crippen molar-refractivity contribution in [3.63, 3.8) is 0 Å². The van der Waals surface area contributed by atoms with Crippen LogP contribution in [0.1, 0.15) is 11.1 Å². The maximum Gasteiger partial charge on any atom is 0.344 e. The lowest BCUT2D eigenvalue weighted by atomic mass is 10.0. The first kappa shape index (κ1) is 20.7. The predicted octanol–water partition coefficient (Wildman–Crippen LogP) is 5.67. The Bertz CT molecular complexity index is 999. The zero-order valence-electron chi connectivity index (χ0n) is 15.2. The first-order valence-corrected chi connectivity index (χ1v) is 9.42. The first-order chi connectivity index (χ1) is 14.0. The number of halogens is 2. The fourth-order valence-electron chi connectivity index (χ4n) is 2.54. The van der Waals surface area contributed by atoms with E-state index in [4.69, 9.17) is 33.0 Å². The van der Waals surface area contributed by atoms with E-state index >= 15 is 0 Å². The van der Waals surface area contributed by atoms with Gasteiger partial charge < -0.3 is 14.7 Å². The van der Waals surface area contributed by atoms with Crippen molar-refractivity contribution < 1.29 is 19.5 Å². The molecule has 5 nitrogen and oxygen atoms in total. The average molecular weight is 430 g/mol. The van der Waals surface area contributed by atoms with Crippen LogP contribution in [0.15, 0.2) is 71.9 Å². The molecule has 0 saturated carbocycles. The van der Waals surface area contributed by atoms with Crippen LogP contribution in [-0.4, -0.2) is 23.9 Å². The van der Waals surface area contributed by atoms with Gasteiger partial charge in [0.25, 0.3) is 0 Å². The van der Waals surface area contributed by atoms with Crippen LogP contribution in [0.4, 0.5) is 0 Å². The van der Waals surface area contributed by atoms with Gasteiger partial charge in [-0.3, -0.25) is 0 Å². The predicted molar refractivity (Wildman–Crippen MR) is 114 cm³/mol. The van der Waals surface area contributed by atoms with Gasteiger partial charge in [0.2, 0.25) is 6.61 Å². The van der Waals surface area contributed by atoms with Crippen molar-refractivity contribution >= 4 is 35.4 Å². The molecular formula is C22H17Cl2NO4. The van der Waals surface area contributed by atoms with Crippen LogP contribution in [0.25, 0.3) is 11.1 Å². The Labute approximate surface area is 178 Å². The summed E-state index contributed by atoms with van der Waals surface area (Å²) in [4.78, 5) is 15.0. The van der Waals surface area contributed by atoms with E-state index in [9.17, 15) is 4.79 Å². The largest absolute Gasteiger partial charge is 0.489 e. The minimum absolute atomic E-state index is 0.272. The number of carboxylic acid groups (broad SMARTS) is 1. The van der Waals surface area contributed by atoms with Crippen LogP contribution in [0.3, 0.4) is 0 Å². The Kier molecular flexibility index (Phi) is 7.11. The molecule has 0 aromatic heterocycles. The van der Waals surface area contributed by atoms with Gasteiger partial charge in [-0.1, -0.05) is 70.8 Å². The van der Waals surface area contributed by atoms with E-state index in [2.05, 4.69) is 9.99 Å². The fourth-order valence-corrected chi connectivity index (χ4v) is 3.05. The number of aliphatic carboxylic acids is 1. The molecule has 0 unspecified atom stereocenters. The highest BCUT2D eigenvalue weighted by molar-refractivity contribution is 6.35. The fraction of sp³-hybridized carbons (Fsp3) is 0.0909. The summed E-state index contributed by atoms with van der Waals surface area (Å²) in [6.45, 7) is -0.200. The van der Waals surface area contributed by atoms with E-state index in [1.54, 1.807) is 18.2 Å². The molecule has 0 spiro atoms. The normalized spacial score (nSPS) is 10.8. The number of nitrogens with zero attached hydrogens (tertiary/aromatic N) is 1. The van der Waals surface area contributed by atoms with Crippen LogP contribution in [0, 0.1) is 0 Å². The molecule has 3 aromatic carbocycles. The quantitative estimate of drug-likeness (QED) is 0.369. The number of hydrogen-bond donors (Lipinski definition) is 1. The summed E-state index contributed by atoms with van der Waals surface area (Å²) in [5, 5.41) is 13.3. The van der Waals surface area contributed by atoms with E-state index < -0.39 is 12.6 Å². The summed E-state index contributed by atoms with van der Waals surface area (Å²) >= 11 is 12.4. The Hall–Kier alpha value is -3.02. The lowest BCUT2D eigenvalue weighted by Crippen LogP contribution is -2.03. The van der Waals surface area contributed by atoms with Crippen molar-refractivity contribution in [1.82, 2.24) is 0 Å². The van der Waals surface area contributed by atoms with Crippen molar-refractivity contribution in [3.05, 3.63) is 87.9 Å². The second-order valence-corrected chi connectivity index (χ2v) is 6.85. The molecule has 0 saturated heterocycles. The van der Waals surface area contributed by atoms with Gasteiger partial charge in [-0.05, 0) is 41.0 Å². The summed E-state index contributed by atoms with van der Waals surface area (Å²) < 4.78 is 5.87. The van der Waals surface area contributed by atoms with E-state index in [1.165, 1.54) is 6.21 Å². The Morgan fingerprint density at radius 3 is 2.34 bits per heavy atom. The molecule has 0 radical (unpaired) electrons. The van der Waals surface area contributed by atoms with E-state index in [-0.39, 0.29) is 6.61 Å². The number of hydrogen-bond acceptors (Lipinski definition) is 4. The Balaban J connectivity index is 1.67. The topological polar surface area (TPSA) is 68.1 Å². The summed E-state index contributed by atoms with van der Waals surface area (Å²) in [5.74, 6) is -0.373. The van der Waals surface area contributed by atoms with Gasteiger partial charge in [0.05, 0.1) is 6.21 Å². The molecule has 0 atom stereocenters. The molecule has 0 aliphatic heterocycles. The summed E-state index contributed by atoms with van der Waals surface area (Å²) in [5.41, 5.74) is 3.52. The molecule has 0 amide bonds. The lowest BCUT2D eigenvalue weighted by Gasteiger charge is -2.11. The monoisotopic (exact) mass is 429 g/mol. The number of oxime groups is 1.